The molecule has 0 unspecified atom stereocenters. The van der Waals surface area contributed by atoms with Crippen molar-refractivity contribution in [2.75, 3.05) is 0 Å². The summed E-state index contributed by atoms with van der Waals surface area (Å²) in [6.07, 6.45) is 3.52. The summed E-state index contributed by atoms with van der Waals surface area (Å²) in [5, 5.41) is 6.75. The molecule has 108 valence electrons. The minimum Gasteiger partial charge on any atom is -0.347 e. The average Bonchev–Trinajstić information content (AvgIpc) is 3.24. The molecule has 2 aliphatic heterocycles. The Kier molecular flexibility index (Phi) is 3.28. The maximum absolute atomic E-state index is 12.4. The number of carbonyl (C=O) groups excluding carboxylic acids is 1. The average molecular weight is 298 g/mol. The molecule has 2 N–H and O–H groups in total. The van der Waals surface area contributed by atoms with Crippen molar-refractivity contribution in [3.05, 3.63) is 47.3 Å². The van der Waals surface area contributed by atoms with E-state index in [2.05, 4.69) is 22.8 Å². The van der Waals surface area contributed by atoms with E-state index in [1.54, 1.807) is 11.3 Å². The molecule has 2 aromatic rings. The van der Waals surface area contributed by atoms with Gasteiger partial charge in [0.25, 0.3) is 5.91 Å². The summed E-state index contributed by atoms with van der Waals surface area (Å²) in [5.41, 5.74) is 1.17. The maximum Gasteiger partial charge on any atom is 0.261 e. The molecule has 2 fully saturated rings. The van der Waals surface area contributed by atoms with Crippen LogP contribution in [0.5, 0.6) is 0 Å². The van der Waals surface area contributed by atoms with Gasteiger partial charge in [-0.25, -0.2) is 0 Å². The smallest absolute Gasteiger partial charge is 0.261 e. The highest BCUT2D eigenvalue weighted by molar-refractivity contribution is 7.17. The minimum atomic E-state index is 0.0709. The Hall–Kier alpha value is -1.65. The monoisotopic (exact) mass is 298 g/mol. The van der Waals surface area contributed by atoms with Gasteiger partial charge in [-0.15, -0.1) is 11.3 Å². The number of hydrogen-bond donors (Lipinski definition) is 2. The van der Waals surface area contributed by atoms with E-state index >= 15 is 0 Å². The van der Waals surface area contributed by atoms with Crippen LogP contribution in [0.4, 0.5) is 0 Å². The van der Waals surface area contributed by atoms with Crippen LogP contribution in [-0.2, 0) is 0 Å². The third-order valence-electron chi connectivity index (χ3n) is 4.50. The van der Waals surface area contributed by atoms with E-state index in [1.165, 1.54) is 18.4 Å². The van der Waals surface area contributed by atoms with Crippen molar-refractivity contribution >= 4 is 17.2 Å². The molecular weight excluding hydrogens is 280 g/mol. The van der Waals surface area contributed by atoms with Gasteiger partial charge in [-0.05, 0) is 37.0 Å². The second-order valence-electron chi connectivity index (χ2n) is 5.89. The van der Waals surface area contributed by atoms with Gasteiger partial charge in [-0.2, -0.15) is 0 Å². The zero-order chi connectivity index (χ0) is 14.2. The second-order valence-corrected chi connectivity index (χ2v) is 6.98. The Morgan fingerprint density at radius 3 is 2.71 bits per heavy atom. The largest absolute Gasteiger partial charge is 0.347 e. The highest BCUT2D eigenvalue weighted by Crippen LogP contribution is 2.30. The summed E-state index contributed by atoms with van der Waals surface area (Å²) in [5.74, 6) is 0.0709. The van der Waals surface area contributed by atoms with E-state index in [-0.39, 0.29) is 5.91 Å². The third-order valence-corrected chi connectivity index (χ3v) is 5.64. The number of rotatable bonds is 3. The van der Waals surface area contributed by atoms with Crippen LogP contribution in [0, 0.1) is 0 Å². The fourth-order valence-corrected chi connectivity index (χ4v) is 4.36. The first-order valence-corrected chi connectivity index (χ1v) is 8.33. The van der Waals surface area contributed by atoms with Crippen molar-refractivity contribution in [2.24, 2.45) is 0 Å². The molecule has 1 aromatic heterocycles. The molecule has 1 amide bonds. The Balaban J connectivity index is 1.47. The summed E-state index contributed by atoms with van der Waals surface area (Å²) in [6.45, 7) is 0. The molecule has 0 saturated carbocycles. The number of hydrogen-bond acceptors (Lipinski definition) is 3. The van der Waals surface area contributed by atoms with Crippen LogP contribution in [0.25, 0.3) is 10.4 Å². The molecule has 2 aliphatic rings. The van der Waals surface area contributed by atoms with Gasteiger partial charge in [0.1, 0.15) is 0 Å². The first-order chi connectivity index (χ1) is 10.3. The van der Waals surface area contributed by atoms with E-state index < -0.39 is 0 Å². The lowest BCUT2D eigenvalue weighted by atomic mass is 9.95. The molecule has 3 nitrogen and oxygen atoms in total. The first kappa shape index (κ1) is 13.0. The summed E-state index contributed by atoms with van der Waals surface area (Å²) < 4.78 is 0. The predicted molar refractivity (Wildman–Crippen MR) is 85.6 cm³/mol. The van der Waals surface area contributed by atoms with Gasteiger partial charge in [0.15, 0.2) is 0 Å². The molecule has 21 heavy (non-hydrogen) atoms. The number of amides is 1. The first-order valence-electron chi connectivity index (χ1n) is 7.52. The highest BCUT2D eigenvalue weighted by atomic mass is 32.1. The molecule has 3 atom stereocenters. The molecular formula is C17H18N2OS. The quantitative estimate of drug-likeness (QED) is 0.914. The van der Waals surface area contributed by atoms with Gasteiger partial charge in [0, 0.05) is 23.0 Å². The van der Waals surface area contributed by atoms with Gasteiger partial charge in [0.05, 0.1) is 4.88 Å². The highest BCUT2D eigenvalue weighted by Gasteiger charge is 2.39. The predicted octanol–water partition coefficient (Wildman–Crippen LogP) is 3.04. The van der Waals surface area contributed by atoms with Gasteiger partial charge >= 0.3 is 0 Å². The van der Waals surface area contributed by atoms with E-state index in [0.717, 1.165) is 16.2 Å². The van der Waals surface area contributed by atoms with Crippen LogP contribution >= 0.6 is 11.3 Å². The Morgan fingerprint density at radius 1 is 1.14 bits per heavy atom. The summed E-state index contributed by atoms with van der Waals surface area (Å²) in [6, 6.07) is 15.6. The fourth-order valence-electron chi connectivity index (χ4n) is 3.44. The molecule has 4 rings (SSSR count). The summed E-state index contributed by atoms with van der Waals surface area (Å²) in [4.78, 5) is 14.3. The Morgan fingerprint density at radius 2 is 2.00 bits per heavy atom. The molecule has 1 aromatic carbocycles. The topological polar surface area (TPSA) is 41.1 Å². The molecule has 0 radical (unpaired) electrons. The lowest BCUT2D eigenvalue weighted by Crippen LogP contribution is -2.42. The molecule has 2 saturated heterocycles. The molecule has 0 aliphatic carbocycles. The van der Waals surface area contributed by atoms with Crippen LogP contribution in [0.2, 0.25) is 0 Å². The van der Waals surface area contributed by atoms with E-state index in [1.807, 2.05) is 30.3 Å². The normalized spacial score (nSPS) is 27.0. The van der Waals surface area contributed by atoms with Crippen molar-refractivity contribution in [3.63, 3.8) is 0 Å². The van der Waals surface area contributed by atoms with Crippen LogP contribution in [0.1, 0.15) is 28.9 Å². The number of carbonyl (C=O) groups is 1. The fraction of sp³-hybridized carbons (Fsp3) is 0.353. The minimum absolute atomic E-state index is 0.0709. The van der Waals surface area contributed by atoms with Gasteiger partial charge in [-0.1, -0.05) is 30.3 Å². The van der Waals surface area contributed by atoms with Crippen LogP contribution in [-0.4, -0.2) is 24.0 Å². The zero-order valence-corrected chi connectivity index (χ0v) is 12.5. The van der Waals surface area contributed by atoms with E-state index in [4.69, 9.17) is 0 Å². The van der Waals surface area contributed by atoms with Crippen molar-refractivity contribution in [1.29, 1.82) is 0 Å². The van der Waals surface area contributed by atoms with Crippen LogP contribution < -0.4 is 10.6 Å². The Labute approximate surface area is 128 Å². The SMILES string of the molecule is O=C(N[C@@H]1C[C@@H]2CC[C@@H]1N2)c1ccc(-c2ccccc2)s1. The van der Waals surface area contributed by atoms with E-state index in [0.29, 0.717) is 18.1 Å². The summed E-state index contributed by atoms with van der Waals surface area (Å²) in [7, 11) is 0. The lowest BCUT2D eigenvalue weighted by Gasteiger charge is -2.20. The maximum atomic E-state index is 12.4. The molecule has 3 heterocycles. The number of thiophene rings is 1. The van der Waals surface area contributed by atoms with Crippen molar-refractivity contribution in [2.45, 2.75) is 37.4 Å². The van der Waals surface area contributed by atoms with Gasteiger partial charge in [-0.3, -0.25) is 4.79 Å². The number of fused-ring (bicyclic) bond motifs is 2. The number of nitrogens with one attached hydrogen (secondary N) is 2. The standard InChI is InChI=1S/C17H18N2OS/c20-17(19-14-10-12-6-7-13(14)18-12)16-9-8-15(21-16)11-4-2-1-3-5-11/h1-5,8-9,12-14,18H,6-7,10H2,(H,19,20)/t12-,13-,14+/m0/s1. The molecule has 2 bridgehead atoms. The zero-order valence-electron chi connectivity index (χ0n) is 11.7. The van der Waals surface area contributed by atoms with Crippen LogP contribution in [0.15, 0.2) is 42.5 Å². The Bertz CT molecular complexity index is 652. The molecule has 0 spiro atoms. The van der Waals surface area contributed by atoms with E-state index in [9.17, 15) is 4.79 Å². The molecule has 4 heteroatoms. The number of benzene rings is 1. The van der Waals surface area contributed by atoms with Gasteiger partial charge in [0.2, 0.25) is 0 Å². The van der Waals surface area contributed by atoms with Crippen molar-refractivity contribution in [1.82, 2.24) is 10.6 Å². The van der Waals surface area contributed by atoms with Gasteiger partial charge < -0.3 is 10.6 Å². The lowest BCUT2D eigenvalue weighted by molar-refractivity contribution is 0.0935. The van der Waals surface area contributed by atoms with Crippen LogP contribution in [0.3, 0.4) is 0 Å². The third kappa shape index (κ3) is 2.49. The summed E-state index contributed by atoms with van der Waals surface area (Å²) >= 11 is 1.57. The van der Waals surface area contributed by atoms with Crippen molar-refractivity contribution < 1.29 is 4.79 Å². The second kappa shape index (κ2) is 5.28. The van der Waals surface area contributed by atoms with Crippen molar-refractivity contribution in [3.8, 4) is 10.4 Å².